The van der Waals surface area contributed by atoms with Crippen molar-refractivity contribution in [3.8, 4) is 0 Å². The quantitative estimate of drug-likeness (QED) is 0.654. The van der Waals surface area contributed by atoms with Gasteiger partial charge in [0.05, 0.1) is 6.20 Å². The minimum absolute atomic E-state index is 0.556. The lowest BCUT2D eigenvalue weighted by atomic mass is 10.1. The van der Waals surface area contributed by atoms with Crippen LogP contribution in [0.2, 0.25) is 0 Å². The fraction of sp³-hybridized carbons (Fsp3) is 0.750. The van der Waals surface area contributed by atoms with Gasteiger partial charge >= 0.3 is 0 Å². The highest BCUT2D eigenvalue weighted by atomic mass is 16.5. The van der Waals surface area contributed by atoms with Crippen LogP contribution >= 0.6 is 0 Å². The molecule has 0 amide bonds. The van der Waals surface area contributed by atoms with Crippen molar-refractivity contribution in [2.45, 2.75) is 26.7 Å². The number of nitrogens with zero attached hydrogens (tertiary/aromatic N) is 3. The molecule has 0 atom stereocenters. The average Bonchev–Trinajstić information content (AvgIpc) is 2.35. The Morgan fingerprint density at radius 3 is 2.83 bits per heavy atom. The fourth-order valence-electron chi connectivity index (χ4n) is 1.37. The second-order valence-electron chi connectivity index (χ2n) is 4.55. The van der Waals surface area contributed by atoms with Gasteiger partial charge in [-0.25, -0.2) is 0 Å². The second-order valence-corrected chi connectivity index (χ2v) is 4.55. The Hall–Kier alpha value is -1.43. The molecule has 0 bridgehead atoms. The van der Waals surface area contributed by atoms with Crippen LogP contribution in [0.15, 0.2) is 6.20 Å². The molecule has 0 saturated heterocycles. The molecule has 1 rings (SSSR count). The third kappa shape index (κ3) is 6.34. The number of hydrogen-bond acceptors (Lipinski definition) is 6. The highest BCUT2D eigenvalue weighted by Crippen LogP contribution is 2.05. The van der Waals surface area contributed by atoms with Gasteiger partial charge in [-0.3, -0.25) is 0 Å². The van der Waals surface area contributed by atoms with E-state index in [9.17, 15) is 0 Å². The molecule has 0 aliphatic rings. The van der Waals surface area contributed by atoms with Gasteiger partial charge in [0.15, 0.2) is 0 Å². The molecule has 2 N–H and O–H groups in total. The van der Waals surface area contributed by atoms with Gasteiger partial charge < -0.3 is 15.4 Å². The van der Waals surface area contributed by atoms with E-state index >= 15 is 0 Å². The first-order chi connectivity index (χ1) is 8.72. The third-order valence-electron chi connectivity index (χ3n) is 2.39. The molecule has 18 heavy (non-hydrogen) atoms. The van der Waals surface area contributed by atoms with Crippen molar-refractivity contribution >= 4 is 11.8 Å². The molecule has 6 heteroatoms. The Labute approximate surface area is 109 Å². The van der Waals surface area contributed by atoms with E-state index < -0.39 is 0 Å². The highest BCUT2D eigenvalue weighted by Gasteiger charge is 2.00. The normalized spacial score (nSPS) is 10.7. The molecule has 0 aliphatic carbocycles. The van der Waals surface area contributed by atoms with Crippen LogP contribution in [0.4, 0.5) is 11.8 Å². The van der Waals surface area contributed by atoms with Crippen LogP contribution in [0, 0.1) is 5.92 Å². The first-order valence-electron chi connectivity index (χ1n) is 6.38. The molecule has 0 fully saturated rings. The molecular formula is C12H23N5O. The summed E-state index contributed by atoms with van der Waals surface area (Å²) in [5, 5.41) is 14.2. The molecule has 0 saturated carbocycles. The van der Waals surface area contributed by atoms with E-state index in [1.807, 2.05) is 0 Å². The Morgan fingerprint density at radius 1 is 1.28 bits per heavy atom. The Kier molecular flexibility index (Phi) is 7.01. The zero-order valence-electron chi connectivity index (χ0n) is 11.4. The number of methoxy groups -OCH3 is 1. The molecule has 0 unspecified atom stereocenters. The average molecular weight is 253 g/mol. The predicted octanol–water partition coefficient (Wildman–Crippen LogP) is 1.78. The van der Waals surface area contributed by atoms with E-state index in [1.165, 1.54) is 0 Å². The zero-order chi connectivity index (χ0) is 13.2. The van der Waals surface area contributed by atoms with Crippen LogP contribution in [0.3, 0.4) is 0 Å². The van der Waals surface area contributed by atoms with Gasteiger partial charge in [-0.05, 0) is 18.8 Å². The number of aromatic nitrogens is 3. The molecule has 1 aromatic heterocycles. The lowest BCUT2D eigenvalue weighted by Gasteiger charge is -2.08. The van der Waals surface area contributed by atoms with Gasteiger partial charge in [0.2, 0.25) is 5.95 Å². The molecule has 1 aromatic rings. The van der Waals surface area contributed by atoms with Crippen LogP contribution < -0.4 is 10.6 Å². The van der Waals surface area contributed by atoms with Crippen LogP contribution in [-0.2, 0) is 4.74 Å². The van der Waals surface area contributed by atoms with E-state index in [1.54, 1.807) is 13.3 Å². The molecular weight excluding hydrogens is 230 g/mol. The number of hydrogen-bond donors (Lipinski definition) is 2. The maximum Gasteiger partial charge on any atom is 0.244 e. The van der Waals surface area contributed by atoms with Crippen molar-refractivity contribution in [1.29, 1.82) is 0 Å². The van der Waals surface area contributed by atoms with Crippen LogP contribution in [-0.4, -0.2) is 42.0 Å². The van der Waals surface area contributed by atoms with Crippen molar-refractivity contribution in [3.63, 3.8) is 0 Å². The molecule has 1 heterocycles. The summed E-state index contributed by atoms with van der Waals surface area (Å²) < 4.78 is 4.97. The number of nitrogens with one attached hydrogen (secondary N) is 2. The molecule has 0 radical (unpaired) electrons. The maximum absolute atomic E-state index is 4.97. The smallest absolute Gasteiger partial charge is 0.244 e. The van der Waals surface area contributed by atoms with Crippen molar-refractivity contribution in [1.82, 2.24) is 15.2 Å². The molecule has 0 aromatic carbocycles. The Morgan fingerprint density at radius 2 is 2.11 bits per heavy atom. The molecule has 6 nitrogen and oxygen atoms in total. The van der Waals surface area contributed by atoms with Crippen LogP contribution in [0.25, 0.3) is 0 Å². The monoisotopic (exact) mass is 253 g/mol. The number of ether oxygens (including phenoxy) is 1. The van der Waals surface area contributed by atoms with Crippen LogP contribution in [0.1, 0.15) is 26.7 Å². The predicted molar refractivity (Wildman–Crippen MR) is 72.8 cm³/mol. The summed E-state index contributed by atoms with van der Waals surface area (Å²) in [6.07, 6.45) is 3.67. The zero-order valence-corrected chi connectivity index (χ0v) is 11.4. The molecule has 0 spiro atoms. The fourth-order valence-corrected chi connectivity index (χ4v) is 1.37. The van der Waals surface area contributed by atoms with Crippen molar-refractivity contribution in [2.24, 2.45) is 5.92 Å². The lowest BCUT2D eigenvalue weighted by molar-refractivity contribution is 0.197. The van der Waals surface area contributed by atoms with Crippen LogP contribution in [0.5, 0.6) is 0 Å². The standard InChI is InChI=1S/C12H23N5O/c1-10(2)5-7-13-11-9-15-17-12(16-11)14-6-4-8-18-3/h9-10H,4-8H2,1-3H3,(H2,13,14,16,17). The minimum Gasteiger partial charge on any atom is -0.385 e. The van der Waals surface area contributed by atoms with Crippen molar-refractivity contribution in [2.75, 3.05) is 37.4 Å². The lowest BCUT2D eigenvalue weighted by Crippen LogP contribution is -2.11. The highest BCUT2D eigenvalue weighted by molar-refractivity contribution is 5.36. The summed E-state index contributed by atoms with van der Waals surface area (Å²) in [5.74, 6) is 2.00. The van der Waals surface area contributed by atoms with E-state index in [-0.39, 0.29) is 0 Å². The van der Waals surface area contributed by atoms with Crippen molar-refractivity contribution in [3.05, 3.63) is 6.20 Å². The first kappa shape index (κ1) is 14.6. The summed E-state index contributed by atoms with van der Waals surface area (Å²) in [5.41, 5.74) is 0. The topological polar surface area (TPSA) is 72.0 Å². The van der Waals surface area contributed by atoms with Gasteiger partial charge in [-0.2, -0.15) is 10.1 Å². The Bertz CT molecular complexity index is 332. The van der Waals surface area contributed by atoms with Gasteiger partial charge in [-0.1, -0.05) is 13.8 Å². The summed E-state index contributed by atoms with van der Waals surface area (Å²) in [7, 11) is 1.69. The van der Waals surface area contributed by atoms with Gasteiger partial charge in [0, 0.05) is 26.8 Å². The Balaban J connectivity index is 2.32. The first-order valence-corrected chi connectivity index (χ1v) is 6.38. The summed E-state index contributed by atoms with van der Waals surface area (Å²) in [4.78, 5) is 4.33. The van der Waals surface area contributed by atoms with Gasteiger partial charge in [-0.15, -0.1) is 5.10 Å². The van der Waals surface area contributed by atoms with Gasteiger partial charge in [0.1, 0.15) is 5.82 Å². The number of rotatable bonds is 9. The SMILES string of the molecule is COCCCNc1nncc(NCCC(C)C)n1. The molecule has 0 aliphatic heterocycles. The maximum atomic E-state index is 4.97. The van der Waals surface area contributed by atoms with Crippen molar-refractivity contribution < 1.29 is 4.74 Å². The van der Waals surface area contributed by atoms with Gasteiger partial charge in [0.25, 0.3) is 0 Å². The summed E-state index contributed by atoms with van der Waals surface area (Å²) in [6, 6.07) is 0. The minimum atomic E-state index is 0.556. The summed E-state index contributed by atoms with van der Waals surface area (Å²) >= 11 is 0. The van der Waals surface area contributed by atoms with E-state index in [0.29, 0.717) is 11.9 Å². The van der Waals surface area contributed by atoms with E-state index in [0.717, 1.165) is 38.4 Å². The van der Waals surface area contributed by atoms with E-state index in [4.69, 9.17) is 4.74 Å². The van der Waals surface area contributed by atoms with E-state index in [2.05, 4.69) is 39.7 Å². The largest absolute Gasteiger partial charge is 0.385 e. The third-order valence-corrected chi connectivity index (χ3v) is 2.39. The number of anilines is 2. The molecule has 102 valence electrons. The summed E-state index contributed by atoms with van der Waals surface area (Å²) in [6.45, 7) is 6.81. The second kappa shape index (κ2) is 8.63.